The van der Waals surface area contributed by atoms with E-state index in [1.165, 1.54) is 0 Å². The number of carbonyl (C=O) groups excluding carboxylic acids is 1. The van der Waals surface area contributed by atoms with E-state index < -0.39 is 39.8 Å². The molecule has 0 radical (unpaired) electrons. The summed E-state index contributed by atoms with van der Waals surface area (Å²) in [5.74, 6) is -2.74. The smallest absolute Gasteiger partial charge is 0.293 e. The molecule has 7 heteroatoms. The second kappa shape index (κ2) is 4.59. The molecule has 0 aliphatic heterocycles. The molecule has 1 aromatic rings. The third-order valence-electron chi connectivity index (χ3n) is 1.77. The summed E-state index contributed by atoms with van der Waals surface area (Å²) in [7, 11) is 0. The van der Waals surface area contributed by atoms with Crippen molar-refractivity contribution in [1.82, 2.24) is 0 Å². The molecule has 0 fully saturated rings. The molecular weight excluding hydrogens is 271 g/mol. The number of hydrogen-bond donors (Lipinski definition) is 0. The first kappa shape index (κ1) is 13.3. The van der Waals surface area contributed by atoms with Crippen LogP contribution >= 0.6 is 23.2 Å². The number of alkyl halides is 4. The summed E-state index contributed by atoms with van der Waals surface area (Å²) in [6, 6.07) is 0.704. The molecule has 88 valence electrons. The Morgan fingerprint density at radius 3 is 2.25 bits per heavy atom. The summed E-state index contributed by atoms with van der Waals surface area (Å²) in [6.07, 6.45) is -4.72. The fraction of sp³-hybridized carbons (Fsp3) is 0.222. The number of halogens is 6. The molecule has 0 aliphatic rings. The lowest BCUT2D eigenvalue weighted by Gasteiger charge is -2.09. The fourth-order valence-corrected chi connectivity index (χ4v) is 1.52. The van der Waals surface area contributed by atoms with E-state index in [4.69, 9.17) is 23.2 Å². The summed E-state index contributed by atoms with van der Waals surface area (Å²) in [4.78, 5) is 11.1. The van der Waals surface area contributed by atoms with Crippen molar-refractivity contribution in [3.05, 3.63) is 34.1 Å². The van der Waals surface area contributed by atoms with Crippen LogP contribution < -0.4 is 0 Å². The third kappa shape index (κ3) is 2.65. The predicted octanol–water partition coefficient (Wildman–Crippen LogP) is 3.92. The van der Waals surface area contributed by atoms with Crippen LogP contribution in [0.4, 0.5) is 17.6 Å². The van der Waals surface area contributed by atoms with Crippen LogP contribution in [0.5, 0.6) is 0 Å². The van der Waals surface area contributed by atoms with E-state index in [1.807, 2.05) is 0 Å². The van der Waals surface area contributed by atoms with Crippen LogP contribution in [0.1, 0.15) is 15.9 Å². The van der Waals surface area contributed by atoms with Gasteiger partial charge in [0.15, 0.2) is 5.78 Å². The summed E-state index contributed by atoms with van der Waals surface area (Å²) >= 11 is 10.6. The highest BCUT2D eigenvalue weighted by Crippen LogP contribution is 2.33. The van der Waals surface area contributed by atoms with Crippen LogP contribution in [0.15, 0.2) is 12.1 Å². The predicted molar refractivity (Wildman–Crippen MR) is 51.5 cm³/mol. The molecule has 1 rings (SSSR count). The lowest BCUT2D eigenvalue weighted by Crippen LogP contribution is -2.10. The Morgan fingerprint density at radius 1 is 1.31 bits per heavy atom. The molecule has 0 spiro atoms. The molecular formula is C9H4Cl2F4O. The van der Waals surface area contributed by atoms with Crippen molar-refractivity contribution < 1.29 is 22.4 Å². The molecule has 0 aromatic heterocycles. The van der Waals surface area contributed by atoms with E-state index >= 15 is 0 Å². The van der Waals surface area contributed by atoms with E-state index in [0.29, 0.717) is 6.07 Å². The highest BCUT2D eigenvalue weighted by Gasteiger charge is 2.33. The number of benzene rings is 1. The zero-order valence-corrected chi connectivity index (χ0v) is 9.05. The van der Waals surface area contributed by atoms with Gasteiger partial charge in [-0.25, -0.2) is 4.39 Å². The molecule has 0 atom stereocenters. The highest BCUT2D eigenvalue weighted by molar-refractivity contribution is 6.37. The van der Waals surface area contributed by atoms with Gasteiger partial charge in [0.2, 0.25) is 0 Å². The Labute approximate surface area is 98.0 Å². The molecule has 0 unspecified atom stereocenters. The Hall–Kier alpha value is -0.810. The van der Waals surface area contributed by atoms with Crippen molar-refractivity contribution in [1.29, 1.82) is 0 Å². The maximum Gasteiger partial charge on any atom is 0.416 e. The van der Waals surface area contributed by atoms with Crippen molar-refractivity contribution >= 4 is 29.0 Å². The van der Waals surface area contributed by atoms with Crippen LogP contribution in [0.25, 0.3) is 0 Å². The van der Waals surface area contributed by atoms with Gasteiger partial charge >= 0.3 is 6.18 Å². The molecule has 0 saturated carbocycles. The Morgan fingerprint density at radius 2 is 1.88 bits per heavy atom. The number of Topliss-reactive ketones (excluding diaryl/α,β-unsaturated/α-hetero) is 1. The molecule has 0 bridgehead atoms. The summed E-state index contributed by atoms with van der Waals surface area (Å²) in [5, 5.41) is -0.599. The van der Waals surface area contributed by atoms with E-state index in [9.17, 15) is 22.4 Å². The van der Waals surface area contributed by atoms with Gasteiger partial charge in [0.1, 0.15) is 5.82 Å². The fourth-order valence-electron chi connectivity index (χ4n) is 1.07. The average Bonchev–Trinajstić information content (AvgIpc) is 2.14. The molecule has 1 aromatic carbocycles. The van der Waals surface area contributed by atoms with Gasteiger partial charge in [-0.15, -0.1) is 11.6 Å². The Balaban J connectivity index is 3.34. The average molecular weight is 275 g/mol. The van der Waals surface area contributed by atoms with E-state index in [0.717, 1.165) is 0 Å². The zero-order valence-electron chi connectivity index (χ0n) is 7.54. The lowest BCUT2D eigenvalue weighted by atomic mass is 10.1. The Kier molecular flexibility index (Phi) is 3.80. The molecule has 16 heavy (non-hydrogen) atoms. The number of hydrogen-bond acceptors (Lipinski definition) is 1. The van der Waals surface area contributed by atoms with Crippen molar-refractivity contribution in [2.24, 2.45) is 0 Å². The third-order valence-corrected chi connectivity index (χ3v) is 2.31. The largest absolute Gasteiger partial charge is 0.416 e. The normalized spacial score (nSPS) is 11.6. The molecule has 1 nitrogen and oxygen atoms in total. The van der Waals surface area contributed by atoms with Crippen LogP contribution in [-0.2, 0) is 6.18 Å². The van der Waals surface area contributed by atoms with Crippen LogP contribution in [-0.4, -0.2) is 11.7 Å². The van der Waals surface area contributed by atoms with Crippen molar-refractivity contribution in [2.45, 2.75) is 6.18 Å². The minimum atomic E-state index is -4.72. The topological polar surface area (TPSA) is 17.1 Å². The molecule has 0 aliphatic carbocycles. The van der Waals surface area contributed by atoms with Gasteiger partial charge in [-0.1, -0.05) is 11.6 Å². The van der Waals surface area contributed by atoms with Gasteiger partial charge < -0.3 is 0 Å². The number of ketones is 1. The number of rotatable bonds is 2. The second-order valence-electron chi connectivity index (χ2n) is 2.87. The molecule has 0 heterocycles. The maximum absolute atomic E-state index is 13.2. The zero-order chi connectivity index (χ0) is 12.5. The quantitative estimate of drug-likeness (QED) is 0.454. The van der Waals surface area contributed by atoms with Crippen LogP contribution in [0.3, 0.4) is 0 Å². The number of carbonyl (C=O) groups is 1. The van der Waals surface area contributed by atoms with E-state index in [1.54, 1.807) is 0 Å². The van der Waals surface area contributed by atoms with Gasteiger partial charge in [0, 0.05) is 0 Å². The van der Waals surface area contributed by atoms with E-state index in [2.05, 4.69) is 0 Å². The lowest BCUT2D eigenvalue weighted by molar-refractivity contribution is -0.137. The maximum atomic E-state index is 13.2. The Bertz CT molecular complexity index is 405. The van der Waals surface area contributed by atoms with E-state index in [-0.39, 0.29) is 6.07 Å². The molecule has 0 amide bonds. The van der Waals surface area contributed by atoms with Crippen LogP contribution in [0.2, 0.25) is 5.02 Å². The van der Waals surface area contributed by atoms with Crippen molar-refractivity contribution in [2.75, 3.05) is 5.88 Å². The van der Waals surface area contributed by atoms with Crippen molar-refractivity contribution in [3.8, 4) is 0 Å². The van der Waals surface area contributed by atoms with Gasteiger partial charge in [-0.3, -0.25) is 4.79 Å². The SMILES string of the molecule is O=C(CCl)c1c(F)cc(C(F)(F)F)cc1Cl. The summed E-state index contributed by atoms with van der Waals surface area (Å²) in [6.45, 7) is 0. The van der Waals surface area contributed by atoms with Crippen molar-refractivity contribution in [3.63, 3.8) is 0 Å². The van der Waals surface area contributed by atoms with Crippen LogP contribution in [0, 0.1) is 5.82 Å². The molecule has 0 saturated heterocycles. The van der Waals surface area contributed by atoms with Gasteiger partial charge in [0.05, 0.1) is 22.0 Å². The van der Waals surface area contributed by atoms with Gasteiger partial charge in [-0.2, -0.15) is 13.2 Å². The summed E-state index contributed by atoms with van der Waals surface area (Å²) < 4.78 is 49.9. The minimum absolute atomic E-state index is 0.214. The highest BCUT2D eigenvalue weighted by atomic mass is 35.5. The van der Waals surface area contributed by atoms with Gasteiger partial charge in [-0.05, 0) is 12.1 Å². The van der Waals surface area contributed by atoms with Gasteiger partial charge in [0.25, 0.3) is 0 Å². The first-order valence-electron chi connectivity index (χ1n) is 3.92. The first-order valence-corrected chi connectivity index (χ1v) is 4.84. The molecule has 0 N–H and O–H groups in total. The minimum Gasteiger partial charge on any atom is -0.293 e. The second-order valence-corrected chi connectivity index (χ2v) is 3.54. The monoisotopic (exact) mass is 274 g/mol. The standard InChI is InChI=1S/C9H4Cl2F4O/c10-3-7(16)8-5(11)1-4(2-6(8)12)9(13,14)15/h1-2H,3H2. The first-order chi connectivity index (χ1) is 7.27. The summed E-state index contributed by atoms with van der Waals surface area (Å²) in [5.41, 5.74) is -1.87.